The van der Waals surface area contributed by atoms with E-state index < -0.39 is 11.9 Å². The SMILES string of the molecule is Nc1cnc(C(F)(F)F)cc1NCCCOCCO. The summed E-state index contributed by atoms with van der Waals surface area (Å²) in [7, 11) is 0. The summed E-state index contributed by atoms with van der Waals surface area (Å²) >= 11 is 0. The third kappa shape index (κ3) is 5.31. The molecule has 19 heavy (non-hydrogen) atoms. The minimum Gasteiger partial charge on any atom is -0.396 e. The molecule has 1 heterocycles. The molecule has 8 heteroatoms. The van der Waals surface area contributed by atoms with Gasteiger partial charge in [0.15, 0.2) is 0 Å². The van der Waals surface area contributed by atoms with Crippen LogP contribution in [-0.2, 0) is 10.9 Å². The molecule has 0 bridgehead atoms. The van der Waals surface area contributed by atoms with Gasteiger partial charge in [-0.3, -0.25) is 0 Å². The number of aromatic nitrogens is 1. The Hall–Kier alpha value is -1.54. The van der Waals surface area contributed by atoms with Gasteiger partial charge in [-0.05, 0) is 12.5 Å². The molecule has 0 amide bonds. The van der Waals surface area contributed by atoms with Crippen molar-refractivity contribution in [2.24, 2.45) is 0 Å². The van der Waals surface area contributed by atoms with E-state index >= 15 is 0 Å². The largest absolute Gasteiger partial charge is 0.433 e. The van der Waals surface area contributed by atoms with Gasteiger partial charge in [0.1, 0.15) is 5.69 Å². The standard InChI is InChI=1S/C11H16F3N3O2/c12-11(13,14)10-6-9(8(15)7-17-10)16-2-1-4-19-5-3-18/h6-7,18H,1-5,15H2,(H,16,17). The molecular weight excluding hydrogens is 263 g/mol. The molecule has 0 spiro atoms. The van der Waals surface area contributed by atoms with Gasteiger partial charge in [-0.2, -0.15) is 13.2 Å². The number of ether oxygens (including phenoxy) is 1. The Morgan fingerprint density at radius 1 is 1.37 bits per heavy atom. The van der Waals surface area contributed by atoms with Gasteiger partial charge in [-0.25, -0.2) is 4.98 Å². The maximum Gasteiger partial charge on any atom is 0.433 e. The zero-order valence-corrected chi connectivity index (χ0v) is 10.2. The van der Waals surface area contributed by atoms with Crippen LogP contribution >= 0.6 is 0 Å². The summed E-state index contributed by atoms with van der Waals surface area (Å²) in [6.45, 7) is 1.01. The van der Waals surface area contributed by atoms with E-state index in [2.05, 4.69) is 10.3 Å². The zero-order valence-electron chi connectivity index (χ0n) is 10.2. The van der Waals surface area contributed by atoms with Crippen molar-refractivity contribution in [2.45, 2.75) is 12.6 Å². The normalized spacial score (nSPS) is 11.6. The number of alkyl halides is 3. The van der Waals surface area contributed by atoms with Gasteiger partial charge in [0.05, 0.1) is 30.8 Å². The molecule has 0 aromatic carbocycles. The van der Waals surface area contributed by atoms with E-state index in [1.165, 1.54) is 0 Å². The van der Waals surface area contributed by atoms with Crippen LogP contribution < -0.4 is 11.1 Å². The van der Waals surface area contributed by atoms with Crippen molar-refractivity contribution in [3.8, 4) is 0 Å². The fourth-order valence-electron chi connectivity index (χ4n) is 1.34. The highest BCUT2D eigenvalue weighted by molar-refractivity contribution is 5.65. The fraction of sp³-hybridized carbons (Fsp3) is 0.545. The van der Waals surface area contributed by atoms with Crippen LogP contribution in [0, 0.1) is 0 Å². The van der Waals surface area contributed by atoms with E-state index in [-0.39, 0.29) is 24.6 Å². The highest BCUT2D eigenvalue weighted by Gasteiger charge is 2.32. The van der Waals surface area contributed by atoms with Crippen molar-refractivity contribution in [1.29, 1.82) is 0 Å². The van der Waals surface area contributed by atoms with Crippen LogP contribution in [0.5, 0.6) is 0 Å². The number of pyridine rings is 1. The molecule has 0 aliphatic heterocycles. The molecule has 0 atom stereocenters. The van der Waals surface area contributed by atoms with Crippen LogP contribution in [0.15, 0.2) is 12.3 Å². The molecule has 1 rings (SSSR count). The molecule has 0 aliphatic rings. The molecule has 1 aromatic rings. The number of hydrogen-bond acceptors (Lipinski definition) is 5. The molecule has 4 N–H and O–H groups in total. The second-order valence-corrected chi connectivity index (χ2v) is 3.77. The first-order chi connectivity index (χ1) is 8.95. The average molecular weight is 279 g/mol. The van der Waals surface area contributed by atoms with E-state index in [0.29, 0.717) is 19.6 Å². The van der Waals surface area contributed by atoms with E-state index in [0.717, 1.165) is 12.3 Å². The lowest BCUT2D eigenvalue weighted by molar-refractivity contribution is -0.141. The average Bonchev–Trinajstić information content (AvgIpc) is 2.34. The van der Waals surface area contributed by atoms with Crippen molar-refractivity contribution in [3.63, 3.8) is 0 Å². The summed E-state index contributed by atoms with van der Waals surface area (Å²) in [5, 5.41) is 11.3. The monoisotopic (exact) mass is 279 g/mol. The van der Waals surface area contributed by atoms with Gasteiger partial charge in [0, 0.05) is 13.2 Å². The van der Waals surface area contributed by atoms with Gasteiger partial charge in [0.25, 0.3) is 0 Å². The second kappa shape index (κ2) is 7.15. The number of nitrogens with one attached hydrogen (secondary N) is 1. The predicted molar refractivity (Wildman–Crippen MR) is 64.7 cm³/mol. The predicted octanol–water partition coefficient (Wildman–Crippen LogP) is 1.49. The Bertz CT molecular complexity index is 399. The number of anilines is 2. The third-order valence-electron chi connectivity index (χ3n) is 2.24. The van der Waals surface area contributed by atoms with Crippen LogP contribution in [-0.4, -0.2) is 36.5 Å². The Labute approximate surface area is 108 Å². The van der Waals surface area contributed by atoms with Crippen LogP contribution in [0.2, 0.25) is 0 Å². The van der Waals surface area contributed by atoms with Crippen molar-refractivity contribution < 1.29 is 23.0 Å². The highest BCUT2D eigenvalue weighted by Crippen LogP contribution is 2.30. The smallest absolute Gasteiger partial charge is 0.396 e. The third-order valence-corrected chi connectivity index (χ3v) is 2.24. The molecule has 108 valence electrons. The molecule has 0 fully saturated rings. The lowest BCUT2D eigenvalue weighted by Crippen LogP contribution is -2.12. The van der Waals surface area contributed by atoms with Gasteiger partial charge >= 0.3 is 6.18 Å². The molecule has 0 unspecified atom stereocenters. The fourth-order valence-corrected chi connectivity index (χ4v) is 1.34. The Morgan fingerprint density at radius 3 is 2.74 bits per heavy atom. The number of nitrogen functional groups attached to an aromatic ring is 1. The van der Waals surface area contributed by atoms with Gasteiger partial charge in [0.2, 0.25) is 0 Å². The van der Waals surface area contributed by atoms with Crippen LogP contribution in [0.4, 0.5) is 24.5 Å². The summed E-state index contributed by atoms with van der Waals surface area (Å²) in [5.41, 5.74) is 4.91. The molecule has 0 aliphatic carbocycles. The maximum atomic E-state index is 12.5. The van der Waals surface area contributed by atoms with E-state index in [1.54, 1.807) is 0 Å². The van der Waals surface area contributed by atoms with Crippen molar-refractivity contribution in [2.75, 3.05) is 37.4 Å². The molecule has 0 saturated carbocycles. The molecule has 0 saturated heterocycles. The van der Waals surface area contributed by atoms with E-state index in [1.807, 2.05) is 0 Å². The molecule has 0 radical (unpaired) electrons. The zero-order chi connectivity index (χ0) is 14.3. The number of nitrogens with zero attached hydrogens (tertiary/aromatic N) is 1. The topological polar surface area (TPSA) is 80.4 Å². The number of aliphatic hydroxyl groups is 1. The minimum absolute atomic E-state index is 0.0559. The van der Waals surface area contributed by atoms with Crippen LogP contribution in [0.25, 0.3) is 0 Å². The van der Waals surface area contributed by atoms with Gasteiger partial charge in [-0.1, -0.05) is 0 Å². The minimum atomic E-state index is -4.49. The van der Waals surface area contributed by atoms with E-state index in [9.17, 15) is 13.2 Å². The lowest BCUT2D eigenvalue weighted by atomic mass is 10.2. The first-order valence-electron chi connectivity index (χ1n) is 5.70. The first-order valence-corrected chi connectivity index (χ1v) is 5.70. The van der Waals surface area contributed by atoms with Gasteiger partial charge in [-0.15, -0.1) is 0 Å². The molecule has 5 nitrogen and oxygen atoms in total. The Balaban J connectivity index is 2.49. The summed E-state index contributed by atoms with van der Waals surface area (Å²) in [5.74, 6) is 0. The summed E-state index contributed by atoms with van der Waals surface area (Å²) in [4.78, 5) is 3.24. The molecular formula is C11H16F3N3O2. The summed E-state index contributed by atoms with van der Waals surface area (Å²) < 4.78 is 42.4. The van der Waals surface area contributed by atoms with Crippen molar-refractivity contribution in [3.05, 3.63) is 18.0 Å². The summed E-state index contributed by atoms with van der Waals surface area (Å²) in [6.07, 6.45) is -2.93. The number of halogens is 3. The number of hydrogen-bond donors (Lipinski definition) is 3. The van der Waals surface area contributed by atoms with Gasteiger partial charge < -0.3 is 20.9 Å². The van der Waals surface area contributed by atoms with Crippen LogP contribution in [0.1, 0.15) is 12.1 Å². The number of rotatable bonds is 7. The van der Waals surface area contributed by atoms with Crippen molar-refractivity contribution in [1.82, 2.24) is 4.98 Å². The number of aliphatic hydroxyl groups excluding tert-OH is 1. The Morgan fingerprint density at radius 2 is 2.11 bits per heavy atom. The second-order valence-electron chi connectivity index (χ2n) is 3.77. The quantitative estimate of drug-likeness (QED) is 0.659. The summed E-state index contributed by atoms with van der Waals surface area (Å²) in [6, 6.07) is 0.879. The maximum absolute atomic E-state index is 12.5. The Kier molecular flexibility index (Phi) is 5.84. The highest BCUT2D eigenvalue weighted by atomic mass is 19.4. The number of nitrogens with two attached hydrogens (primary N) is 1. The van der Waals surface area contributed by atoms with Crippen molar-refractivity contribution >= 4 is 11.4 Å². The first kappa shape index (κ1) is 15.5. The van der Waals surface area contributed by atoms with Crippen LogP contribution in [0.3, 0.4) is 0 Å². The van der Waals surface area contributed by atoms with E-state index in [4.69, 9.17) is 15.6 Å². The lowest BCUT2D eigenvalue weighted by Gasteiger charge is -2.12. The molecule has 1 aromatic heterocycles.